The SMILES string of the molecule is F[B-](F)(F)F.c1c[nH+]c2ccsc2c1. The molecule has 2 rings (SSSR count). The van der Waals surface area contributed by atoms with E-state index in [0.717, 1.165) is 0 Å². The molecule has 0 saturated heterocycles. The molecule has 0 aliphatic carbocycles. The van der Waals surface area contributed by atoms with Crippen LogP contribution in [-0.4, -0.2) is 7.25 Å². The molecule has 0 aliphatic heterocycles. The molecule has 0 spiro atoms. The maximum Gasteiger partial charge on any atom is 0.673 e. The molecular formula is C7H6BF4NS. The largest absolute Gasteiger partial charge is 0.673 e. The molecule has 7 heteroatoms. The standard InChI is InChI=1S/C7H5NS.BF4/c1-2-7-6(8-4-1)3-5-9-7;2-1(3,4)5/h1-5H;/q;-1/p+1. The number of hydrogen-bond acceptors (Lipinski definition) is 1. The predicted molar refractivity (Wildman–Crippen MR) is 48.6 cm³/mol. The number of thiophene rings is 1. The van der Waals surface area contributed by atoms with Gasteiger partial charge < -0.3 is 17.3 Å². The monoisotopic (exact) mass is 223 g/mol. The molecule has 2 aromatic rings. The molecule has 0 amide bonds. The summed E-state index contributed by atoms with van der Waals surface area (Å²) in [6.45, 7) is 0. The van der Waals surface area contributed by atoms with E-state index in [1.165, 1.54) is 10.2 Å². The zero-order chi connectivity index (χ0) is 10.6. The smallest absolute Gasteiger partial charge is 0.418 e. The van der Waals surface area contributed by atoms with Crippen molar-refractivity contribution in [2.45, 2.75) is 0 Å². The van der Waals surface area contributed by atoms with Crippen LogP contribution in [-0.2, 0) is 0 Å². The molecule has 2 aromatic heterocycles. The highest BCUT2D eigenvalue weighted by Gasteiger charge is 2.20. The third-order valence-corrected chi connectivity index (χ3v) is 2.16. The van der Waals surface area contributed by atoms with Crippen LogP contribution in [0.1, 0.15) is 0 Å². The van der Waals surface area contributed by atoms with E-state index < -0.39 is 7.25 Å². The van der Waals surface area contributed by atoms with Crippen LogP contribution in [0, 0.1) is 0 Å². The van der Waals surface area contributed by atoms with E-state index >= 15 is 0 Å². The minimum absolute atomic E-state index is 1.22. The molecule has 0 atom stereocenters. The fourth-order valence-electron chi connectivity index (χ4n) is 0.843. The Morgan fingerprint density at radius 2 is 1.79 bits per heavy atom. The first kappa shape index (κ1) is 11.0. The van der Waals surface area contributed by atoms with E-state index in [-0.39, 0.29) is 0 Å². The summed E-state index contributed by atoms with van der Waals surface area (Å²) in [5.41, 5.74) is 1.22. The maximum absolute atomic E-state index is 9.75. The molecule has 0 unspecified atom stereocenters. The zero-order valence-corrected chi connectivity index (χ0v) is 7.70. The second-order valence-electron chi connectivity index (χ2n) is 2.36. The Balaban J connectivity index is 0.000000171. The summed E-state index contributed by atoms with van der Waals surface area (Å²) < 4.78 is 40.3. The fourth-order valence-corrected chi connectivity index (χ4v) is 1.60. The third-order valence-electron chi connectivity index (χ3n) is 1.28. The van der Waals surface area contributed by atoms with Gasteiger partial charge in [-0.15, -0.1) is 11.3 Å². The van der Waals surface area contributed by atoms with Crippen molar-refractivity contribution >= 4 is 28.8 Å². The zero-order valence-electron chi connectivity index (χ0n) is 6.88. The van der Waals surface area contributed by atoms with E-state index in [0.29, 0.717) is 0 Å². The van der Waals surface area contributed by atoms with Gasteiger partial charge in [0.2, 0.25) is 5.52 Å². The number of pyridine rings is 1. The van der Waals surface area contributed by atoms with Gasteiger partial charge in [0.15, 0.2) is 6.20 Å². The molecule has 1 N–H and O–H groups in total. The average Bonchev–Trinajstić information content (AvgIpc) is 2.47. The topological polar surface area (TPSA) is 14.1 Å². The van der Waals surface area contributed by atoms with Gasteiger partial charge in [-0.1, -0.05) is 0 Å². The van der Waals surface area contributed by atoms with Gasteiger partial charge in [-0.05, 0) is 11.4 Å². The van der Waals surface area contributed by atoms with E-state index in [4.69, 9.17) is 0 Å². The first-order valence-electron chi connectivity index (χ1n) is 3.68. The van der Waals surface area contributed by atoms with Crippen LogP contribution in [0.3, 0.4) is 0 Å². The number of rotatable bonds is 0. The molecule has 14 heavy (non-hydrogen) atoms. The highest BCUT2D eigenvalue weighted by atomic mass is 32.1. The normalized spacial score (nSPS) is 10.9. The van der Waals surface area contributed by atoms with Crippen LogP contribution in [0.2, 0.25) is 0 Å². The van der Waals surface area contributed by atoms with Crippen molar-refractivity contribution in [3.05, 3.63) is 29.8 Å². The first-order valence-corrected chi connectivity index (χ1v) is 4.56. The highest BCUT2D eigenvalue weighted by Crippen LogP contribution is 2.14. The summed E-state index contributed by atoms with van der Waals surface area (Å²) in [7, 11) is -6.00. The third kappa shape index (κ3) is 4.22. The molecule has 0 aromatic carbocycles. The van der Waals surface area contributed by atoms with Gasteiger partial charge in [0.05, 0.1) is 4.70 Å². The van der Waals surface area contributed by atoms with Gasteiger partial charge in [0, 0.05) is 12.1 Å². The summed E-state index contributed by atoms with van der Waals surface area (Å²) in [5.74, 6) is 0. The average molecular weight is 223 g/mol. The van der Waals surface area contributed by atoms with E-state index in [1.807, 2.05) is 12.3 Å². The lowest BCUT2D eigenvalue weighted by molar-refractivity contribution is -0.344. The first-order chi connectivity index (χ1) is 6.47. The van der Waals surface area contributed by atoms with E-state index in [9.17, 15) is 17.3 Å². The number of H-pyrrole nitrogens is 1. The molecule has 0 aliphatic rings. The van der Waals surface area contributed by atoms with Crippen LogP contribution in [0.5, 0.6) is 0 Å². The lowest BCUT2D eigenvalue weighted by Gasteiger charge is -1.94. The van der Waals surface area contributed by atoms with Gasteiger partial charge in [-0.2, -0.15) is 0 Å². The van der Waals surface area contributed by atoms with Crippen LogP contribution in [0.25, 0.3) is 10.2 Å². The Bertz CT molecular complexity index is 363. The van der Waals surface area contributed by atoms with Gasteiger partial charge in [-0.25, -0.2) is 4.98 Å². The van der Waals surface area contributed by atoms with Crippen molar-refractivity contribution in [2.75, 3.05) is 0 Å². The summed E-state index contributed by atoms with van der Waals surface area (Å²) in [6, 6.07) is 6.20. The maximum atomic E-state index is 9.75. The van der Waals surface area contributed by atoms with Gasteiger partial charge in [0.1, 0.15) is 0 Å². The van der Waals surface area contributed by atoms with Crippen molar-refractivity contribution in [2.24, 2.45) is 0 Å². The van der Waals surface area contributed by atoms with Crippen LogP contribution >= 0.6 is 11.3 Å². The molecular weight excluding hydrogens is 217 g/mol. The molecule has 2 heterocycles. The molecule has 76 valence electrons. The number of aromatic amines is 1. The van der Waals surface area contributed by atoms with Crippen LogP contribution in [0.4, 0.5) is 17.3 Å². The summed E-state index contributed by atoms with van der Waals surface area (Å²) in [5, 5.41) is 2.08. The Kier molecular flexibility index (Phi) is 3.46. The van der Waals surface area contributed by atoms with Crippen molar-refractivity contribution < 1.29 is 22.2 Å². The number of halogens is 4. The van der Waals surface area contributed by atoms with Crippen molar-refractivity contribution in [1.29, 1.82) is 0 Å². The second-order valence-corrected chi connectivity index (χ2v) is 3.31. The quantitative estimate of drug-likeness (QED) is 0.481. The Labute approximate surface area is 81.5 Å². The van der Waals surface area contributed by atoms with Crippen LogP contribution in [0.15, 0.2) is 29.8 Å². The van der Waals surface area contributed by atoms with Gasteiger partial charge >= 0.3 is 7.25 Å². The fraction of sp³-hybridized carbons (Fsp3) is 0. The molecule has 0 fully saturated rings. The van der Waals surface area contributed by atoms with Gasteiger partial charge in [-0.3, -0.25) is 0 Å². The Hall–Kier alpha value is -1.11. The molecule has 0 radical (unpaired) electrons. The molecule has 1 nitrogen and oxygen atoms in total. The Morgan fingerprint density at radius 1 is 1.14 bits per heavy atom. The summed E-state index contributed by atoms with van der Waals surface area (Å²) in [6.07, 6.45) is 1.94. The van der Waals surface area contributed by atoms with Crippen molar-refractivity contribution in [3.8, 4) is 0 Å². The minimum atomic E-state index is -6.00. The predicted octanol–water partition coefficient (Wildman–Crippen LogP) is 3.02. The Morgan fingerprint density at radius 3 is 2.36 bits per heavy atom. The van der Waals surface area contributed by atoms with E-state index in [2.05, 4.69) is 22.5 Å². The van der Waals surface area contributed by atoms with Crippen LogP contribution < -0.4 is 4.98 Å². The number of aromatic nitrogens is 1. The number of hydrogen-bond donors (Lipinski definition) is 0. The highest BCUT2D eigenvalue weighted by molar-refractivity contribution is 7.17. The molecule has 0 saturated carbocycles. The lowest BCUT2D eigenvalue weighted by Crippen LogP contribution is -2.02. The summed E-state index contributed by atoms with van der Waals surface area (Å²) in [4.78, 5) is 3.14. The number of nitrogens with one attached hydrogen (secondary N) is 1. The van der Waals surface area contributed by atoms with Crippen molar-refractivity contribution in [3.63, 3.8) is 0 Å². The second kappa shape index (κ2) is 4.41. The molecule has 0 bridgehead atoms. The van der Waals surface area contributed by atoms with Gasteiger partial charge in [0.25, 0.3) is 0 Å². The minimum Gasteiger partial charge on any atom is -0.418 e. The number of fused-ring (bicyclic) bond motifs is 1. The van der Waals surface area contributed by atoms with E-state index in [1.54, 1.807) is 11.3 Å². The summed E-state index contributed by atoms with van der Waals surface area (Å²) >= 11 is 1.76. The lowest BCUT2D eigenvalue weighted by atomic mass is 10.3. The van der Waals surface area contributed by atoms with Crippen molar-refractivity contribution in [1.82, 2.24) is 0 Å².